The number of azide groups is 1. The normalized spacial score (nSPS) is 29.2. The third-order valence-corrected chi connectivity index (χ3v) is 5.09. The predicted molar refractivity (Wildman–Crippen MR) is 106 cm³/mol. The summed E-state index contributed by atoms with van der Waals surface area (Å²) in [6, 6.07) is 17.7. The highest BCUT2D eigenvalue weighted by atomic mass is 16.5. The molecule has 1 aliphatic carbocycles. The van der Waals surface area contributed by atoms with Gasteiger partial charge in [0.2, 0.25) is 0 Å². The SMILES string of the molecule is [N-]=[N+]=N[C@@H]1[C@@H](OCc2ccccc2)[C@H](O)[C@@](O)(COCc2ccccc2)C[C@H]1O. The molecule has 0 aliphatic heterocycles. The molecular formula is C21H25N3O5. The first-order chi connectivity index (χ1) is 14.0. The maximum Gasteiger partial charge on any atom is 0.119 e. The van der Waals surface area contributed by atoms with Crippen LogP contribution in [0.25, 0.3) is 10.4 Å². The Morgan fingerprint density at radius 3 is 2.17 bits per heavy atom. The molecule has 0 heterocycles. The summed E-state index contributed by atoms with van der Waals surface area (Å²) >= 11 is 0. The van der Waals surface area contributed by atoms with E-state index >= 15 is 0 Å². The van der Waals surface area contributed by atoms with Crippen LogP contribution in [0, 0.1) is 0 Å². The lowest BCUT2D eigenvalue weighted by Crippen LogP contribution is -2.64. The second-order valence-corrected chi connectivity index (χ2v) is 7.26. The number of aliphatic hydroxyl groups is 3. The van der Waals surface area contributed by atoms with Crippen LogP contribution in [0.4, 0.5) is 0 Å². The summed E-state index contributed by atoms with van der Waals surface area (Å²) in [6.45, 7) is 0.184. The highest BCUT2D eigenvalue weighted by Gasteiger charge is 2.52. The smallest absolute Gasteiger partial charge is 0.119 e. The fourth-order valence-corrected chi connectivity index (χ4v) is 3.54. The number of aliphatic hydroxyl groups excluding tert-OH is 2. The molecule has 0 saturated heterocycles. The molecule has 5 atom stereocenters. The second kappa shape index (κ2) is 9.84. The van der Waals surface area contributed by atoms with Gasteiger partial charge in [-0.05, 0) is 16.7 Å². The molecule has 154 valence electrons. The standard InChI is InChI=1S/C21H25N3O5/c22-24-23-18-17(25)11-21(27,14-28-12-15-7-3-1-4-8-15)20(26)19(18)29-13-16-9-5-2-6-10-16/h1-10,17-20,25-27H,11-14H2/t17-,18+,19-,20+,21+/m1/s1. The molecule has 2 aromatic carbocycles. The van der Waals surface area contributed by atoms with Crippen molar-refractivity contribution in [3.05, 3.63) is 82.2 Å². The van der Waals surface area contributed by atoms with Crippen LogP contribution in [0.15, 0.2) is 65.8 Å². The van der Waals surface area contributed by atoms with Gasteiger partial charge in [-0.2, -0.15) is 0 Å². The largest absolute Gasteiger partial charge is 0.392 e. The highest BCUT2D eigenvalue weighted by Crippen LogP contribution is 2.34. The molecule has 8 heteroatoms. The Morgan fingerprint density at radius 1 is 1.00 bits per heavy atom. The Kier molecular flexibility index (Phi) is 7.22. The third-order valence-electron chi connectivity index (χ3n) is 5.09. The third kappa shape index (κ3) is 5.33. The molecule has 8 nitrogen and oxygen atoms in total. The summed E-state index contributed by atoms with van der Waals surface area (Å²) in [7, 11) is 0. The molecule has 0 bridgehead atoms. The highest BCUT2D eigenvalue weighted by molar-refractivity contribution is 5.15. The van der Waals surface area contributed by atoms with Crippen LogP contribution in [0.1, 0.15) is 17.5 Å². The first-order valence-corrected chi connectivity index (χ1v) is 9.43. The van der Waals surface area contributed by atoms with Crippen molar-refractivity contribution in [3.63, 3.8) is 0 Å². The number of hydrogen-bond acceptors (Lipinski definition) is 6. The Labute approximate surface area is 169 Å². The van der Waals surface area contributed by atoms with Gasteiger partial charge < -0.3 is 24.8 Å². The summed E-state index contributed by atoms with van der Waals surface area (Å²) in [5.74, 6) is 0. The van der Waals surface area contributed by atoms with E-state index in [2.05, 4.69) is 10.0 Å². The van der Waals surface area contributed by atoms with E-state index in [1.54, 1.807) is 0 Å². The van der Waals surface area contributed by atoms with Crippen LogP contribution in [-0.4, -0.2) is 51.9 Å². The zero-order chi connectivity index (χ0) is 20.7. The summed E-state index contributed by atoms with van der Waals surface area (Å²) in [6.07, 6.45) is -3.86. The molecule has 1 saturated carbocycles. The topological polar surface area (TPSA) is 128 Å². The lowest BCUT2D eigenvalue weighted by Gasteiger charge is -2.46. The van der Waals surface area contributed by atoms with Crippen LogP contribution in [0.5, 0.6) is 0 Å². The first-order valence-electron chi connectivity index (χ1n) is 9.43. The van der Waals surface area contributed by atoms with Gasteiger partial charge in [-0.15, -0.1) is 0 Å². The lowest BCUT2D eigenvalue weighted by atomic mass is 9.76. The number of nitrogens with zero attached hydrogens (tertiary/aromatic N) is 3. The molecule has 29 heavy (non-hydrogen) atoms. The Balaban J connectivity index is 1.70. The van der Waals surface area contributed by atoms with Crippen molar-refractivity contribution in [3.8, 4) is 0 Å². The molecule has 0 unspecified atom stereocenters. The van der Waals surface area contributed by atoms with Crippen LogP contribution in [0.3, 0.4) is 0 Å². The molecule has 0 aromatic heterocycles. The van der Waals surface area contributed by atoms with Crippen molar-refractivity contribution < 1.29 is 24.8 Å². The fraction of sp³-hybridized carbons (Fsp3) is 0.429. The van der Waals surface area contributed by atoms with Gasteiger partial charge in [0.05, 0.1) is 38.1 Å². The zero-order valence-electron chi connectivity index (χ0n) is 15.9. The van der Waals surface area contributed by atoms with Gasteiger partial charge in [-0.1, -0.05) is 65.8 Å². The monoisotopic (exact) mass is 399 g/mol. The molecule has 2 aromatic rings. The molecular weight excluding hydrogens is 374 g/mol. The molecule has 3 rings (SSSR count). The van der Waals surface area contributed by atoms with E-state index in [1.165, 1.54) is 0 Å². The summed E-state index contributed by atoms with van der Waals surface area (Å²) in [5, 5.41) is 35.9. The quantitative estimate of drug-likeness (QED) is 0.356. The van der Waals surface area contributed by atoms with Crippen LogP contribution in [-0.2, 0) is 22.7 Å². The Morgan fingerprint density at radius 2 is 1.59 bits per heavy atom. The van der Waals surface area contributed by atoms with E-state index in [4.69, 9.17) is 15.0 Å². The first kappa shape index (κ1) is 21.3. The number of rotatable bonds is 8. The second-order valence-electron chi connectivity index (χ2n) is 7.26. The maximum absolute atomic E-state index is 11.0. The van der Waals surface area contributed by atoms with Crippen LogP contribution in [0.2, 0.25) is 0 Å². The molecule has 3 N–H and O–H groups in total. The van der Waals surface area contributed by atoms with Gasteiger partial charge in [0, 0.05) is 11.3 Å². The minimum Gasteiger partial charge on any atom is -0.392 e. The van der Waals surface area contributed by atoms with Crippen molar-refractivity contribution >= 4 is 0 Å². The van der Waals surface area contributed by atoms with E-state index in [-0.39, 0.29) is 26.2 Å². The molecule has 0 spiro atoms. The predicted octanol–water partition coefficient (Wildman–Crippen LogP) is 2.32. The lowest BCUT2D eigenvalue weighted by molar-refractivity contribution is -0.219. The minimum absolute atomic E-state index is 0.133. The van der Waals surface area contributed by atoms with Crippen molar-refractivity contribution in [2.75, 3.05) is 6.61 Å². The molecule has 1 fully saturated rings. The van der Waals surface area contributed by atoms with E-state index in [0.29, 0.717) is 0 Å². The van der Waals surface area contributed by atoms with Crippen molar-refractivity contribution in [2.45, 2.75) is 49.6 Å². The molecule has 0 radical (unpaired) electrons. The molecule has 0 amide bonds. The molecule has 1 aliphatic rings. The van der Waals surface area contributed by atoms with Crippen molar-refractivity contribution in [1.82, 2.24) is 0 Å². The van der Waals surface area contributed by atoms with E-state index in [9.17, 15) is 15.3 Å². The van der Waals surface area contributed by atoms with Gasteiger partial charge in [-0.3, -0.25) is 0 Å². The summed E-state index contributed by atoms with van der Waals surface area (Å²) in [4.78, 5) is 2.76. The van der Waals surface area contributed by atoms with Gasteiger partial charge in [0.25, 0.3) is 0 Å². The number of ether oxygens (including phenoxy) is 2. The summed E-state index contributed by atoms with van der Waals surface area (Å²) < 4.78 is 11.4. The number of benzene rings is 2. The van der Waals surface area contributed by atoms with E-state index in [0.717, 1.165) is 11.1 Å². The number of hydrogen-bond donors (Lipinski definition) is 3. The maximum atomic E-state index is 11.0. The van der Waals surface area contributed by atoms with Crippen LogP contribution >= 0.6 is 0 Å². The van der Waals surface area contributed by atoms with E-state index < -0.39 is 30.0 Å². The van der Waals surface area contributed by atoms with Gasteiger partial charge in [0.15, 0.2) is 0 Å². The fourth-order valence-electron chi connectivity index (χ4n) is 3.54. The van der Waals surface area contributed by atoms with Gasteiger partial charge >= 0.3 is 0 Å². The minimum atomic E-state index is -1.74. The average molecular weight is 399 g/mol. The average Bonchev–Trinajstić information content (AvgIpc) is 2.73. The van der Waals surface area contributed by atoms with Crippen LogP contribution < -0.4 is 0 Å². The summed E-state index contributed by atoms with van der Waals surface area (Å²) in [5.41, 5.74) is 8.88. The Hall–Kier alpha value is -2.45. The van der Waals surface area contributed by atoms with Crippen molar-refractivity contribution in [2.24, 2.45) is 5.11 Å². The van der Waals surface area contributed by atoms with Crippen molar-refractivity contribution in [1.29, 1.82) is 0 Å². The Bertz CT molecular complexity index is 816. The van der Waals surface area contributed by atoms with Gasteiger partial charge in [0.1, 0.15) is 11.7 Å². The van der Waals surface area contributed by atoms with E-state index in [1.807, 2.05) is 60.7 Å². The van der Waals surface area contributed by atoms with Gasteiger partial charge in [-0.25, -0.2) is 0 Å². The zero-order valence-corrected chi connectivity index (χ0v) is 15.9.